The highest BCUT2D eigenvalue weighted by Crippen LogP contribution is 2.14. The van der Waals surface area contributed by atoms with Crippen molar-refractivity contribution in [1.29, 1.82) is 0 Å². The van der Waals surface area contributed by atoms with Crippen LogP contribution in [0.2, 0.25) is 0 Å². The predicted molar refractivity (Wildman–Crippen MR) is 185 cm³/mol. The quantitative estimate of drug-likeness (QED) is 0.0361. The summed E-state index contributed by atoms with van der Waals surface area (Å²) in [5, 5.41) is 33.0. The van der Waals surface area contributed by atoms with Gasteiger partial charge in [-0.05, 0) is 44.9 Å². The topological polar surface area (TPSA) is 89.8 Å². The third kappa shape index (κ3) is 30.1. The Morgan fingerprint density at radius 3 is 1.84 bits per heavy atom. The minimum absolute atomic E-state index is 0.134. The largest absolute Gasteiger partial charge is 0.394 e. The molecular formula is C38H69NO4. The molecule has 5 heteroatoms. The molecule has 0 rings (SSSR count). The Morgan fingerprint density at radius 2 is 1.21 bits per heavy atom. The van der Waals surface area contributed by atoms with Crippen molar-refractivity contribution in [2.45, 2.75) is 180 Å². The second-order valence-corrected chi connectivity index (χ2v) is 12.1. The third-order valence-electron chi connectivity index (χ3n) is 7.92. The molecule has 5 nitrogen and oxygen atoms in total. The van der Waals surface area contributed by atoms with E-state index in [-0.39, 0.29) is 12.5 Å². The average molecular weight is 604 g/mol. The zero-order valence-electron chi connectivity index (χ0n) is 28.1. The van der Waals surface area contributed by atoms with Gasteiger partial charge in [-0.1, -0.05) is 159 Å². The lowest BCUT2D eigenvalue weighted by Crippen LogP contribution is -2.45. The number of allylic oxidation sites excluding steroid dienone is 6. The molecule has 0 aliphatic carbocycles. The minimum Gasteiger partial charge on any atom is -0.394 e. The summed E-state index contributed by atoms with van der Waals surface area (Å²) in [6, 6.07) is -0.597. The van der Waals surface area contributed by atoms with Crippen LogP contribution in [0.1, 0.15) is 162 Å². The van der Waals surface area contributed by atoms with Gasteiger partial charge in [-0.25, -0.2) is 0 Å². The highest BCUT2D eigenvalue weighted by atomic mass is 16.3. The molecule has 4 N–H and O–H groups in total. The Balaban J connectivity index is 3.82. The molecule has 0 aliphatic rings. The second kappa shape index (κ2) is 33.2. The fourth-order valence-electron chi connectivity index (χ4n) is 5.08. The summed E-state index contributed by atoms with van der Waals surface area (Å²) in [5.41, 5.74) is 0. The lowest BCUT2D eigenvalue weighted by molar-refractivity contribution is -0.123. The first kappa shape index (κ1) is 41.3. The van der Waals surface area contributed by atoms with E-state index >= 15 is 0 Å². The summed E-state index contributed by atoms with van der Waals surface area (Å²) in [7, 11) is 0. The molecular weight excluding hydrogens is 534 g/mol. The summed E-state index contributed by atoms with van der Waals surface area (Å²) in [6.07, 6.45) is 40.4. The van der Waals surface area contributed by atoms with Crippen molar-refractivity contribution < 1.29 is 20.1 Å². The maximum absolute atomic E-state index is 12.3. The molecule has 250 valence electrons. The van der Waals surface area contributed by atoms with Gasteiger partial charge < -0.3 is 20.6 Å². The Labute approximate surface area is 266 Å². The molecule has 0 aromatic heterocycles. The normalized spacial score (nSPS) is 14.4. The summed E-state index contributed by atoms with van der Waals surface area (Å²) < 4.78 is 0. The summed E-state index contributed by atoms with van der Waals surface area (Å²) in [6.45, 7) is 4.23. The van der Waals surface area contributed by atoms with E-state index in [1.165, 1.54) is 89.9 Å². The van der Waals surface area contributed by atoms with Crippen molar-refractivity contribution >= 4 is 5.91 Å². The number of carbonyl (C=O) groups excluding carboxylic acids is 1. The van der Waals surface area contributed by atoms with Gasteiger partial charge in [0.15, 0.2) is 0 Å². The van der Waals surface area contributed by atoms with Crippen LogP contribution in [0.4, 0.5) is 0 Å². The number of hydrogen-bond donors (Lipinski definition) is 4. The molecule has 0 saturated heterocycles. The van der Waals surface area contributed by atoms with Gasteiger partial charge in [0.05, 0.1) is 24.9 Å². The van der Waals surface area contributed by atoms with Crippen LogP contribution < -0.4 is 5.32 Å². The van der Waals surface area contributed by atoms with Gasteiger partial charge in [0.2, 0.25) is 5.91 Å². The number of unbranched alkanes of at least 4 members (excludes halogenated alkanes) is 16. The third-order valence-corrected chi connectivity index (χ3v) is 7.92. The summed E-state index contributed by atoms with van der Waals surface area (Å²) >= 11 is 0. The molecule has 0 aliphatic heterocycles. The van der Waals surface area contributed by atoms with E-state index < -0.39 is 18.2 Å². The number of aliphatic hydroxyl groups excluding tert-OH is 3. The zero-order valence-corrected chi connectivity index (χ0v) is 28.1. The fourth-order valence-corrected chi connectivity index (χ4v) is 5.08. The SMILES string of the molecule is CCCCC/C=C\C/C=C\CC(O)/C=C\C=C\CCCC(=O)N[C@@H](CO)[C@H](O)CCCCCCCCCCCCCCC. The molecule has 0 aromatic rings. The number of hydrogen-bond acceptors (Lipinski definition) is 4. The van der Waals surface area contributed by atoms with E-state index in [1.807, 2.05) is 24.3 Å². The fraction of sp³-hybridized carbons (Fsp3) is 0.763. The molecule has 0 heterocycles. The molecule has 43 heavy (non-hydrogen) atoms. The lowest BCUT2D eigenvalue weighted by atomic mass is 10.0. The van der Waals surface area contributed by atoms with Crippen LogP contribution in [0.15, 0.2) is 48.6 Å². The second-order valence-electron chi connectivity index (χ2n) is 12.1. The van der Waals surface area contributed by atoms with Crippen LogP contribution in [0, 0.1) is 0 Å². The summed E-state index contributed by atoms with van der Waals surface area (Å²) in [4.78, 5) is 12.3. The number of carbonyl (C=O) groups is 1. The first-order valence-corrected chi connectivity index (χ1v) is 17.9. The molecule has 0 fully saturated rings. The van der Waals surface area contributed by atoms with E-state index in [4.69, 9.17) is 0 Å². The van der Waals surface area contributed by atoms with E-state index in [0.717, 1.165) is 32.1 Å². The summed E-state index contributed by atoms with van der Waals surface area (Å²) in [5.74, 6) is -0.134. The predicted octanol–water partition coefficient (Wildman–Crippen LogP) is 9.42. The van der Waals surface area contributed by atoms with Gasteiger partial charge >= 0.3 is 0 Å². The molecule has 0 spiro atoms. The minimum atomic E-state index is -0.708. The smallest absolute Gasteiger partial charge is 0.220 e. The molecule has 3 atom stereocenters. The van der Waals surface area contributed by atoms with Crippen LogP contribution in [-0.4, -0.2) is 46.1 Å². The van der Waals surface area contributed by atoms with Crippen molar-refractivity contribution in [2.75, 3.05) is 6.61 Å². The molecule has 1 unspecified atom stereocenters. The highest BCUT2D eigenvalue weighted by molar-refractivity contribution is 5.76. The molecule has 0 bridgehead atoms. The Hall–Kier alpha value is -1.69. The number of nitrogens with one attached hydrogen (secondary N) is 1. The Bertz CT molecular complexity index is 715. The van der Waals surface area contributed by atoms with Gasteiger partial charge in [-0.15, -0.1) is 0 Å². The van der Waals surface area contributed by atoms with Crippen molar-refractivity contribution in [3.63, 3.8) is 0 Å². The van der Waals surface area contributed by atoms with Crippen molar-refractivity contribution in [3.05, 3.63) is 48.6 Å². The number of rotatable bonds is 31. The lowest BCUT2D eigenvalue weighted by Gasteiger charge is -2.22. The molecule has 0 aromatic carbocycles. The number of aliphatic hydroxyl groups is 3. The first-order valence-electron chi connectivity index (χ1n) is 17.9. The van der Waals surface area contributed by atoms with Crippen LogP contribution in [0.3, 0.4) is 0 Å². The molecule has 0 saturated carbocycles. The van der Waals surface area contributed by atoms with E-state index in [2.05, 4.69) is 37.4 Å². The molecule has 0 radical (unpaired) electrons. The maximum atomic E-state index is 12.3. The van der Waals surface area contributed by atoms with Gasteiger partial charge in [-0.2, -0.15) is 0 Å². The zero-order chi connectivity index (χ0) is 31.6. The Kier molecular flexibility index (Phi) is 31.9. The van der Waals surface area contributed by atoms with E-state index in [9.17, 15) is 20.1 Å². The maximum Gasteiger partial charge on any atom is 0.220 e. The van der Waals surface area contributed by atoms with Gasteiger partial charge in [0.1, 0.15) is 0 Å². The van der Waals surface area contributed by atoms with Crippen LogP contribution in [-0.2, 0) is 4.79 Å². The van der Waals surface area contributed by atoms with Gasteiger partial charge in [0, 0.05) is 6.42 Å². The van der Waals surface area contributed by atoms with Crippen molar-refractivity contribution in [1.82, 2.24) is 5.32 Å². The van der Waals surface area contributed by atoms with E-state index in [1.54, 1.807) is 6.08 Å². The monoisotopic (exact) mass is 604 g/mol. The van der Waals surface area contributed by atoms with E-state index in [0.29, 0.717) is 25.7 Å². The van der Waals surface area contributed by atoms with Crippen molar-refractivity contribution in [2.24, 2.45) is 0 Å². The standard InChI is InChI=1S/C38H69NO4/c1-3-5-7-9-11-13-14-15-16-18-20-24-28-32-37(42)36(34-40)39-38(43)33-29-25-21-23-27-31-35(41)30-26-22-19-17-12-10-8-6-4-2/h12,17,21-23,26-27,31,35-37,40-42H,3-11,13-16,18-20,24-25,28-30,32-34H2,1-2H3,(H,39,43)/b17-12-,23-21+,26-22-,31-27-/t35?,36-,37+/m0/s1. The van der Waals surface area contributed by atoms with Crippen LogP contribution in [0.5, 0.6) is 0 Å². The highest BCUT2D eigenvalue weighted by Gasteiger charge is 2.19. The average Bonchev–Trinajstić information content (AvgIpc) is 3.00. The Morgan fingerprint density at radius 1 is 0.651 bits per heavy atom. The van der Waals surface area contributed by atoms with Crippen LogP contribution >= 0.6 is 0 Å². The van der Waals surface area contributed by atoms with Gasteiger partial charge in [0.25, 0.3) is 0 Å². The van der Waals surface area contributed by atoms with Crippen LogP contribution in [0.25, 0.3) is 0 Å². The van der Waals surface area contributed by atoms with Crippen molar-refractivity contribution in [3.8, 4) is 0 Å². The molecule has 1 amide bonds. The number of amides is 1. The first-order chi connectivity index (χ1) is 21.0. The van der Waals surface area contributed by atoms with Gasteiger partial charge in [-0.3, -0.25) is 4.79 Å².